The highest BCUT2D eigenvalue weighted by atomic mass is 14.9. The summed E-state index contributed by atoms with van der Waals surface area (Å²) in [7, 11) is 0. The molecule has 1 aliphatic carbocycles. The predicted molar refractivity (Wildman–Crippen MR) is 79.0 cm³/mol. The van der Waals surface area contributed by atoms with E-state index in [4.69, 9.17) is 0 Å². The van der Waals surface area contributed by atoms with Crippen molar-refractivity contribution in [3.63, 3.8) is 0 Å². The summed E-state index contributed by atoms with van der Waals surface area (Å²) >= 11 is 0. The van der Waals surface area contributed by atoms with Crippen LogP contribution in [0.4, 0.5) is 0 Å². The van der Waals surface area contributed by atoms with E-state index < -0.39 is 0 Å². The van der Waals surface area contributed by atoms with Crippen LogP contribution in [-0.2, 0) is 0 Å². The van der Waals surface area contributed by atoms with Gasteiger partial charge in [0.2, 0.25) is 0 Å². The Bertz CT molecular complexity index is 350. The number of benzene rings is 1. The summed E-state index contributed by atoms with van der Waals surface area (Å²) < 4.78 is 0. The molecule has 18 heavy (non-hydrogen) atoms. The number of rotatable bonds is 7. The molecule has 0 aliphatic heterocycles. The number of nitrogens with one attached hydrogen (secondary N) is 1. The van der Waals surface area contributed by atoms with Crippen molar-refractivity contribution in [3.05, 3.63) is 35.4 Å². The minimum atomic E-state index is 0.682. The van der Waals surface area contributed by atoms with Crippen molar-refractivity contribution in [2.24, 2.45) is 5.92 Å². The maximum atomic E-state index is 3.70. The Morgan fingerprint density at radius 3 is 2.44 bits per heavy atom. The summed E-state index contributed by atoms with van der Waals surface area (Å²) in [6.07, 6.45) is 5.35. The van der Waals surface area contributed by atoms with Crippen molar-refractivity contribution in [2.45, 2.75) is 58.4 Å². The van der Waals surface area contributed by atoms with Gasteiger partial charge in [-0.05, 0) is 43.6 Å². The van der Waals surface area contributed by atoms with Crippen LogP contribution in [0.1, 0.15) is 56.6 Å². The largest absolute Gasteiger partial charge is 0.313 e. The second-order valence-electron chi connectivity index (χ2n) is 6.04. The topological polar surface area (TPSA) is 12.0 Å². The lowest BCUT2D eigenvalue weighted by atomic mass is 9.88. The van der Waals surface area contributed by atoms with E-state index in [-0.39, 0.29) is 0 Å². The van der Waals surface area contributed by atoms with Gasteiger partial charge in [0.1, 0.15) is 0 Å². The van der Waals surface area contributed by atoms with Crippen LogP contribution in [0.3, 0.4) is 0 Å². The molecule has 1 aliphatic rings. The zero-order valence-corrected chi connectivity index (χ0v) is 12.1. The Labute approximate surface area is 112 Å². The fraction of sp³-hybridized carbons (Fsp3) is 0.647. The third-order valence-corrected chi connectivity index (χ3v) is 4.16. The predicted octanol–water partition coefficient (Wildman–Crippen LogP) is 4.27. The summed E-state index contributed by atoms with van der Waals surface area (Å²) in [4.78, 5) is 0. The van der Waals surface area contributed by atoms with Crippen LogP contribution in [0.15, 0.2) is 24.3 Å². The normalized spacial score (nSPS) is 18.6. The highest BCUT2D eigenvalue weighted by molar-refractivity contribution is 5.25. The van der Waals surface area contributed by atoms with E-state index >= 15 is 0 Å². The third-order valence-electron chi connectivity index (χ3n) is 4.16. The molecule has 2 unspecified atom stereocenters. The molecular weight excluding hydrogens is 218 g/mol. The van der Waals surface area contributed by atoms with Gasteiger partial charge >= 0.3 is 0 Å². The lowest BCUT2D eigenvalue weighted by Gasteiger charge is -2.21. The molecule has 1 saturated carbocycles. The van der Waals surface area contributed by atoms with Gasteiger partial charge in [-0.15, -0.1) is 0 Å². The molecule has 1 N–H and O–H groups in total. The summed E-state index contributed by atoms with van der Waals surface area (Å²) in [6, 6.07) is 9.94. The van der Waals surface area contributed by atoms with Gasteiger partial charge in [-0.3, -0.25) is 0 Å². The van der Waals surface area contributed by atoms with Crippen molar-refractivity contribution in [2.75, 3.05) is 6.54 Å². The smallest absolute Gasteiger partial charge is 0.00684 e. The molecule has 1 aromatic carbocycles. The second-order valence-corrected chi connectivity index (χ2v) is 6.04. The van der Waals surface area contributed by atoms with Crippen molar-refractivity contribution < 1.29 is 0 Å². The van der Waals surface area contributed by atoms with E-state index in [1.807, 2.05) is 0 Å². The van der Waals surface area contributed by atoms with E-state index in [0.717, 1.165) is 18.5 Å². The van der Waals surface area contributed by atoms with Crippen molar-refractivity contribution in [1.29, 1.82) is 0 Å². The molecule has 2 atom stereocenters. The first-order chi connectivity index (χ1) is 8.69. The molecule has 0 heterocycles. The molecule has 2 rings (SSSR count). The number of hydrogen-bond donors (Lipinski definition) is 1. The molecule has 0 radical (unpaired) electrons. The minimum Gasteiger partial charge on any atom is -0.313 e. The molecule has 0 aromatic heterocycles. The maximum absolute atomic E-state index is 3.70. The second kappa shape index (κ2) is 6.38. The van der Waals surface area contributed by atoms with Crippen LogP contribution < -0.4 is 5.32 Å². The molecule has 100 valence electrons. The first-order valence-electron chi connectivity index (χ1n) is 7.49. The Morgan fingerprint density at radius 2 is 1.89 bits per heavy atom. The number of hydrogen-bond acceptors (Lipinski definition) is 1. The minimum absolute atomic E-state index is 0.682. The van der Waals surface area contributed by atoms with Gasteiger partial charge in [0.05, 0.1) is 0 Å². The van der Waals surface area contributed by atoms with Gasteiger partial charge in [-0.1, -0.05) is 50.1 Å². The Hall–Kier alpha value is -0.820. The summed E-state index contributed by atoms with van der Waals surface area (Å²) in [5.74, 6) is 1.50. The molecule has 0 amide bonds. The molecule has 1 nitrogen and oxygen atoms in total. The molecular formula is C17H27N. The van der Waals surface area contributed by atoms with Crippen LogP contribution in [0.2, 0.25) is 0 Å². The SMILES string of the molecule is CCC(C)CC(CNC1CC1)c1ccc(C)cc1. The van der Waals surface area contributed by atoms with Gasteiger partial charge in [0.25, 0.3) is 0 Å². The van der Waals surface area contributed by atoms with E-state index in [1.54, 1.807) is 0 Å². The van der Waals surface area contributed by atoms with Gasteiger partial charge in [0.15, 0.2) is 0 Å². The summed E-state index contributed by atoms with van der Waals surface area (Å²) in [6.45, 7) is 7.98. The van der Waals surface area contributed by atoms with Gasteiger partial charge in [0, 0.05) is 12.6 Å². The summed E-state index contributed by atoms with van der Waals surface area (Å²) in [5.41, 5.74) is 2.87. The monoisotopic (exact) mass is 245 g/mol. The van der Waals surface area contributed by atoms with Gasteiger partial charge < -0.3 is 5.32 Å². The zero-order chi connectivity index (χ0) is 13.0. The fourth-order valence-electron chi connectivity index (χ4n) is 2.42. The van der Waals surface area contributed by atoms with Crippen LogP contribution in [0.25, 0.3) is 0 Å². The van der Waals surface area contributed by atoms with E-state index in [2.05, 4.69) is 50.4 Å². The molecule has 1 heteroatoms. The van der Waals surface area contributed by atoms with Gasteiger partial charge in [-0.25, -0.2) is 0 Å². The van der Waals surface area contributed by atoms with Crippen LogP contribution in [0.5, 0.6) is 0 Å². The lowest BCUT2D eigenvalue weighted by Crippen LogP contribution is -2.24. The maximum Gasteiger partial charge on any atom is 0.00684 e. The molecule has 1 aromatic rings. The highest BCUT2D eigenvalue weighted by Crippen LogP contribution is 2.27. The lowest BCUT2D eigenvalue weighted by molar-refractivity contribution is 0.435. The van der Waals surface area contributed by atoms with Crippen molar-refractivity contribution >= 4 is 0 Å². The van der Waals surface area contributed by atoms with E-state index in [1.165, 1.54) is 36.8 Å². The van der Waals surface area contributed by atoms with Crippen LogP contribution >= 0.6 is 0 Å². The van der Waals surface area contributed by atoms with Crippen molar-refractivity contribution in [3.8, 4) is 0 Å². The fourth-order valence-corrected chi connectivity index (χ4v) is 2.42. The molecule has 0 saturated heterocycles. The summed E-state index contributed by atoms with van der Waals surface area (Å²) in [5, 5.41) is 3.70. The van der Waals surface area contributed by atoms with Crippen LogP contribution in [0, 0.1) is 12.8 Å². The quantitative estimate of drug-likeness (QED) is 0.756. The molecule has 0 bridgehead atoms. The Morgan fingerprint density at radius 1 is 1.22 bits per heavy atom. The standard InChI is InChI=1S/C17H27N/c1-4-13(2)11-16(12-18-17-9-10-17)15-7-5-14(3)6-8-15/h5-8,13,16-18H,4,9-12H2,1-3H3. The third kappa shape index (κ3) is 4.13. The number of aryl methyl sites for hydroxylation is 1. The Kier molecular flexibility index (Phi) is 4.82. The van der Waals surface area contributed by atoms with E-state index in [0.29, 0.717) is 5.92 Å². The van der Waals surface area contributed by atoms with E-state index in [9.17, 15) is 0 Å². The van der Waals surface area contributed by atoms with Gasteiger partial charge in [-0.2, -0.15) is 0 Å². The molecule has 1 fully saturated rings. The zero-order valence-electron chi connectivity index (χ0n) is 12.1. The molecule has 0 spiro atoms. The van der Waals surface area contributed by atoms with Crippen LogP contribution in [-0.4, -0.2) is 12.6 Å². The highest BCUT2D eigenvalue weighted by Gasteiger charge is 2.23. The first-order valence-corrected chi connectivity index (χ1v) is 7.49. The average molecular weight is 245 g/mol. The van der Waals surface area contributed by atoms with Crippen molar-refractivity contribution in [1.82, 2.24) is 5.32 Å². The average Bonchev–Trinajstić information content (AvgIpc) is 3.19. The first kappa shape index (κ1) is 13.6. The Balaban J connectivity index is 1.99.